The molecule has 1 saturated carbocycles. The van der Waals surface area contributed by atoms with Crippen LogP contribution < -0.4 is 5.56 Å². The van der Waals surface area contributed by atoms with Crippen LogP contribution in [0, 0.1) is 11.3 Å². The number of likely N-dealkylation sites (N-methyl/N-ethyl adjacent to an activating group) is 1. The summed E-state index contributed by atoms with van der Waals surface area (Å²) in [5, 5.41) is 10.1. The van der Waals surface area contributed by atoms with E-state index in [0.29, 0.717) is 18.2 Å². The first-order valence-electron chi connectivity index (χ1n) is 8.43. The third-order valence-electron chi connectivity index (χ3n) is 5.00. The minimum Gasteiger partial charge on any atom is -0.307 e. The Morgan fingerprint density at radius 3 is 2.70 bits per heavy atom. The van der Waals surface area contributed by atoms with Gasteiger partial charge in [0.05, 0.1) is 17.1 Å². The van der Waals surface area contributed by atoms with E-state index in [-0.39, 0.29) is 5.56 Å². The number of aromatic nitrogens is 1. The molecule has 0 bridgehead atoms. The quantitative estimate of drug-likeness (QED) is 0.872. The Balaban J connectivity index is 1.82. The molecule has 1 aromatic heterocycles. The molecule has 0 unspecified atom stereocenters. The summed E-state index contributed by atoms with van der Waals surface area (Å²) in [6, 6.07) is 11.8. The highest BCUT2D eigenvalue weighted by Gasteiger charge is 2.17. The number of benzene rings is 1. The Hall–Kier alpha value is -2.12. The molecule has 0 radical (unpaired) electrons. The average molecular weight is 309 g/mol. The van der Waals surface area contributed by atoms with Gasteiger partial charge in [-0.1, -0.05) is 25.3 Å². The molecule has 0 N–H and O–H groups in total. The predicted molar refractivity (Wildman–Crippen MR) is 92.4 cm³/mol. The molecule has 4 heteroatoms. The van der Waals surface area contributed by atoms with Gasteiger partial charge in [0.25, 0.3) is 5.56 Å². The largest absolute Gasteiger partial charge is 0.307 e. The van der Waals surface area contributed by atoms with E-state index in [2.05, 4.69) is 18.0 Å². The van der Waals surface area contributed by atoms with E-state index < -0.39 is 0 Å². The van der Waals surface area contributed by atoms with Crippen LogP contribution in [0.5, 0.6) is 0 Å². The third-order valence-corrected chi connectivity index (χ3v) is 5.00. The third kappa shape index (κ3) is 3.46. The lowest BCUT2D eigenvalue weighted by Crippen LogP contribution is -2.37. The fourth-order valence-electron chi connectivity index (χ4n) is 3.55. The van der Waals surface area contributed by atoms with Crippen LogP contribution in [-0.4, -0.2) is 29.1 Å². The lowest BCUT2D eigenvalue weighted by atomic mass is 9.94. The number of pyridine rings is 1. The van der Waals surface area contributed by atoms with Crippen molar-refractivity contribution >= 4 is 10.9 Å². The molecule has 0 saturated heterocycles. The van der Waals surface area contributed by atoms with Crippen molar-refractivity contribution in [1.82, 2.24) is 9.47 Å². The highest BCUT2D eigenvalue weighted by atomic mass is 16.1. The summed E-state index contributed by atoms with van der Waals surface area (Å²) in [4.78, 5) is 14.7. The van der Waals surface area contributed by atoms with Crippen LogP contribution in [0.1, 0.15) is 37.7 Å². The van der Waals surface area contributed by atoms with Gasteiger partial charge in [-0.25, -0.2) is 0 Å². The highest BCUT2D eigenvalue weighted by molar-refractivity contribution is 5.80. The van der Waals surface area contributed by atoms with Gasteiger partial charge in [0.2, 0.25) is 0 Å². The zero-order valence-corrected chi connectivity index (χ0v) is 13.7. The minimum atomic E-state index is 0.00429. The summed E-state index contributed by atoms with van der Waals surface area (Å²) >= 11 is 0. The topological polar surface area (TPSA) is 49.0 Å². The number of rotatable bonds is 4. The van der Waals surface area contributed by atoms with Gasteiger partial charge >= 0.3 is 0 Å². The van der Waals surface area contributed by atoms with E-state index in [1.54, 1.807) is 16.7 Å². The number of hydrogen-bond acceptors (Lipinski definition) is 3. The van der Waals surface area contributed by atoms with Crippen LogP contribution in [0.15, 0.2) is 35.1 Å². The molecule has 3 rings (SSSR count). The van der Waals surface area contributed by atoms with Gasteiger partial charge in [-0.2, -0.15) is 5.26 Å². The van der Waals surface area contributed by atoms with Crippen molar-refractivity contribution in [2.45, 2.75) is 44.7 Å². The summed E-state index contributed by atoms with van der Waals surface area (Å²) < 4.78 is 1.80. The minimum absolute atomic E-state index is 0.00429. The van der Waals surface area contributed by atoms with Gasteiger partial charge < -0.3 is 9.47 Å². The smallest absolute Gasteiger partial charge is 0.251 e. The molecular weight excluding hydrogens is 286 g/mol. The highest BCUT2D eigenvalue weighted by Crippen LogP contribution is 2.21. The molecular formula is C19H23N3O. The lowest BCUT2D eigenvalue weighted by Gasteiger charge is -2.31. The number of nitriles is 1. The number of hydrogen-bond donors (Lipinski definition) is 0. The molecule has 0 atom stereocenters. The van der Waals surface area contributed by atoms with Gasteiger partial charge in [0.1, 0.15) is 0 Å². The van der Waals surface area contributed by atoms with Crippen molar-refractivity contribution in [3.63, 3.8) is 0 Å². The maximum atomic E-state index is 12.3. The number of nitrogens with zero attached hydrogens (tertiary/aromatic N) is 3. The van der Waals surface area contributed by atoms with E-state index in [0.717, 1.165) is 17.4 Å². The normalized spacial score (nSPS) is 15.9. The Labute approximate surface area is 137 Å². The zero-order valence-electron chi connectivity index (χ0n) is 13.7. The van der Waals surface area contributed by atoms with Gasteiger partial charge in [-0.3, -0.25) is 4.79 Å². The molecule has 0 aliphatic heterocycles. The summed E-state index contributed by atoms with van der Waals surface area (Å²) in [5.41, 5.74) is 1.45. The van der Waals surface area contributed by atoms with Gasteiger partial charge in [-0.05, 0) is 43.5 Å². The van der Waals surface area contributed by atoms with E-state index in [9.17, 15) is 4.79 Å². The Morgan fingerprint density at radius 2 is 1.96 bits per heavy atom. The van der Waals surface area contributed by atoms with Crippen molar-refractivity contribution in [3.8, 4) is 6.07 Å². The number of fused-ring (bicyclic) bond motifs is 1. The fourth-order valence-corrected chi connectivity index (χ4v) is 3.55. The van der Waals surface area contributed by atoms with Crippen molar-refractivity contribution < 1.29 is 0 Å². The molecule has 0 spiro atoms. The van der Waals surface area contributed by atoms with Crippen molar-refractivity contribution in [3.05, 3.63) is 46.2 Å². The molecule has 2 aromatic rings. The second-order valence-electron chi connectivity index (χ2n) is 6.48. The molecule has 0 amide bonds. The molecule has 1 aliphatic carbocycles. The maximum absolute atomic E-state index is 12.3. The summed E-state index contributed by atoms with van der Waals surface area (Å²) in [6.45, 7) is 1.53. The monoisotopic (exact) mass is 309 g/mol. The molecule has 4 nitrogen and oxygen atoms in total. The summed E-state index contributed by atoms with van der Waals surface area (Å²) in [7, 11) is 2.16. The van der Waals surface area contributed by atoms with Gasteiger partial charge in [-0.15, -0.1) is 0 Å². The van der Waals surface area contributed by atoms with Crippen molar-refractivity contribution in [1.29, 1.82) is 5.26 Å². The predicted octanol–water partition coefficient (Wildman–Crippen LogP) is 3.14. The Bertz CT molecular complexity index is 781. The van der Waals surface area contributed by atoms with Gasteiger partial charge in [0, 0.05) is 25.2 Å². The Kier molecular flexibility index (Phi) is 4.78. The van der Waals surface area contributed by atoms with Crippen LogP contribution >= 0.6 is 0 Å². The second-order valence-corrected chi connectivity index (χ2v) is 6.48. The van der Waals surface area contributed by atoms with Crippen LogP contribution in [0.3, 0.4) is 0 Å². The summed E-state index contributed by atoms with van der Waals surface area (Å²) in [5.74, 6) is 0. The first-order valence-corrected chi connectivity index (χ1v) is 8.43. The lowest BCUT2D eigenvalue weighted by molar-refractivity contribution is 0.186. The summed E-state index contributed by atoms with van der Waals surface area (Å²) in [6.07, 6.45) is 6.51. The van der Waals surface area contributed by atoms with E-state index >= 15 is 0 Å². The maximum Gasteiger partial charge on any atom is 0.251 e. The van der Waals surface area contributed by atoms with Crippen LogP contribution in [0.2, 0.25) is 0 Å². The van der Waals surface area contributed by atoms with E-state index in [1.165, 1.54) is 32.1 Å². The Morgan fingerprint density at radius 1 is 1.22 bits per heavy atom. The molecule has 23 heavy (non-hydrogen) atoms. The second kappa shape index (κ2) is 6.97. The van der Waals surface area contributed by atoms with Crippen LogP contribution in [0.25, 0.3) is 10.9 Å². The van der Waals surface area contributed by atoms with Crippen molar-refractivity contribution in [2.75, 3.05) is 13.6 Å². The molecule has 1 aliphatic rings. The van der Waals surface area contributed by atoms with Crippen molar-refractivity contribution in [2.24, 2.45) is 0 Å². The first-order chi connectivity index (χ1) is 11.2. The molecule has 120 valence electrons. The van der Waals surface area contributed by atoms with E-state index in [1.807, 2.05) is 18.2 Å². The first kappa shape index (κ1) is 15.8. The standard InChI is InChI=1S/C19H23N3O/c1-21(17-5-3-2-4-6-17)11-12-22-18-13-15(14-20)7-8-16(18)9-10-19(22)23/h7-10,13,17H,2-6,11-12H2,1H3. The molecule has 1 heterocycles. The average Bonchev–Trinajstić information content (AvgIpc) is 2.61. The SMILES string of the molecule is CN(CCn1c(=O)ccc2ccc(C#N)cc21)C1CCCCC1. The molecule has 1 fully saturated rings. The van der Waals surface area contributed by atoms with Gasteiger partial charge in [0.15, 0.2) is 0 Å². The van der Waals surface area contributed by atoms with Crippen LogP contribution in [-0.2, 0) is 6.54 Å². The van der Waals surface area contributed by atoms with E-state index in [4.69, 9.17) is 5.26 Å². The fraction of sp³-hybridized carbons (Fsp3) is 0.474. The van der Waals surface area contributed by atoms with Crippen LogP contribution in [0.4, 0.5) is 0 Å². The zero-order chi connectivity index (χ0) is 16.2. The molecule has 1 aromatic carbocycles.